The summed E-state index contributed by atoms with van der Waals surface area (Å²) in [6.07, 6.45) is 0.728. The number of nitrogens with zero attached hydrogens (tertiary/aromatic N) is 1. The van der Waals surface area contributed by atoms with E-state index in [1.54, 1.807) is 0 Å². The Morgan fingerprint density at radius 3 is 2.75 bits per heavy atom. The van der Waals surface area contributed by atoms with Crippen molar-refractivity contribution in [1.82, 2.24) is 0 Å². The standard InChI is InChI=1S/C14H23NO5/c1-9(6-15)4-10-2-3-13-14(8-17,20-10)5-12(19-13)11(18)7-16/h9-13,16-18H,2-5,7-8H2,1H3/t9-,10?,11-,12-,13+,14?/m1/s1. The topological polar surface area (TPSA) is 103 Å². The molecule has 0 aromatic rings. The molecule has 2 rings (SSSR count). The summed E-state index contributed by atoms with van der Waals surface area (Å²) in [4.78, 5) is 0. The van der Waals surface area contributed by atoms with E-state index in [4.69, 9.17) is 19.8 Å². The van der Waals surface area contributed by atoms with Gasteiger partial charge in [0.2, 0.25) is 0 Å². The fourth-order valence-corrected chi connectivity index (χ4v) is 3.20. The highest BCUT2D eigenvalue weighted by molar-refractivity contribution is 5.03. The van der Waals surface area contributed by atoms with Crippen molar-refractivity contribution < 1.29 is 24.8 Å². The Morgan fingerprint density at radius 1 is 1.40 bits per heavy atom. The lowest BCUT2D eigenvalue weighted by Crippen LogP contribution is -2.51. The zero-order valence-corrected chi connectivity index (χ0v) is 11.7. The monoisotopic (exact) mass is 285 g/mol. The van der Waals surface area contributed by atoms with Crippen molar-refractivity contribution in [3.63, 3.8) is 0 Å². The second-order valence-electron chi connectivity index (χ2n) is 5.92. The quantitative estimate of drug-likeness (QED) is 0.655. The summed E-state index contributed by atoms with van der Waals surface area (Å²) in [6.45, 7) is 1.31. The lowest BCUT2D eigenvalue weighted by molar-refractivity contribution is -0.186. The molecular formula is C14H23NO5. The SMILES string of the molecule is C[C@@H](C#N)CC1CC[C@@H]2O[C@@H]([C@H](O)CO)CC2(CO)O1. The third-order valence-electron chi connectivity index (χ3n) is 4.35. The molecule has 0 aromatic carbocycles. The van der Waals surface area contributed by atoms with Crippen LogP contribution >= 0.6 is 0 Å². The second kappa shape index (κ2) is 6.37. The first-order valence-corrected chi connectivity index (χ1v) is 7.17. The van der Waals surface area contributed by atoms with Crippen LogP contribution in [0.2, 0.25) is 0 Å². The van der Waals surface area contributed by atoms with E-state index in [1.165, 1.54) is 0 Å². The predicted molar refractivity (Wildman–Crippen MR) is 69.7 cm³/mol. The number of nitriles is 1. The van der Waals surface area contributed by atoms with Crippen molar-refractivity contribution in [3.05, 3.63) is 0 Å². The van der Waals surface area contributed by atoms with Gasteiger partial charge in [0.25, 0.3) is 0 Å². The van der Waals surface area contributed by atoms with E-state index in [1.807, 2.05) is 6.92 Å². The van der Waals surface area contributed by atoms with E-state index >= 15 is 0 Å². The molecule has 2 fully saturated rings. The number of hydrogen-bond acceptors (Lipinski definition) is 6. The third kappa shape index (κ3) is 2.97. The van der Waals surface area contributed by atoms with Crippen LogP contribution in [0.4, 0.5) is 0 Å². The molecular weight excluding hydrogens is 262 g/mol. The highest BCUT2D eigenvalue weighted by atomic mass is 16.6. The van der Waals surface area contributed by atoms with Gasteiger partial charge in [-0.2, -0.15) is 5.26 Å². The molecule has 3 N–H and O–H groups in total. The van der Waals surface area contributed by atoms with Crippen LogP contribution in [0.25, 0.3) is 0 Å². The summed E-state index contributed by atoms with van der Waals surface area (Å²) in [5, 5.41) is 37.3. The average molecular weight is 285 g/mol. The van der Waals surface area contributed by atoms with Gasteiger partial charge in [0.1, 0.15) is 11.7 Å². The van der Waals surface area contributed by atoms with Crippen LogP contribution in [-0.4, -0.2) is 58.6 Å². The zero-order valence-electron chi connectivity index (χ0n) is 11.7. The Labute approximate surface area is 118 Å². The van der Waals surface area contributed by atoms with E-state index in [0.29, 0.717) is 12.8 Å². The van der Waals surface area contributed by atoms with Gasteiger partial charge in [0.15, 0.2) is 0 Å². The first kappa shape index (κ1) is 15.7. The van der Waals surface area contributed by atoms with Gasteiger partial charge in [-0.15, -0.1) is 0 Å². The molecule has 0 spiro atoms. The first-order chi connectivity index (χ1) is 9.54. The Balaban J connectivity index is 2.04. The van der Waals surface area contributed by atoms with Crippen molar-refractivity contribution in [2.45, 2.75) is 62.6 Å². The Bertz CT molecular complexity index is 371. The molecule has 114 valence electrons. The average Bonchev–Trinajstić information content (AvgIpc) is 2.85. The molecule has 0 saturated carbocycles. The molecule has 0 amide bonds. The molecule has 6 atom stereocenters. The van der Waals surface area contributed by atoms with E-state index in [0.717, 1.165) is 12.8 Å². The highest BCUT2D eigenvalue weighted by Crippen LogP contribution is 2.43. The zero-order chi connectivity index (χ0) is 14.8. The van der Waals surface area contributed by atoms with Crippen LogP contribution in [0.5, 0.6) is 0 Å². The molecule has 6 heteroatoms. The maximum absolute atomic E-state index is 9.72. The fraction of sp³-hybridized carbons (Fsp3) is 0.929. The summed E-state index contributed by atoms with van der Waals surface area (Å²) in [7, 11) is 0. The molecule has 6 nitrogen and oxygen atoms in total. The van der Waals surface area contributed by atoms with Gasteiger partial charge >= 0.3 is 0 Å². The Hall–Kier alpha value is -0.710. The minimum atomic E-state index is -0.955. The molecule has 2 aliphatic rings. The summed E-state index contributed by atoms with van der Waals surface area (Å²) >= 11 is 0. The number of aliphatic hydroxyl groups excluding tert-OH is 3. The van der Waals surface area contributed by atoms with Gasteiger partial charge in [0, 0.05) is 12.3 Å². The summed E-state index contributed by atoms with van der Waals surface area (Å²) in [5.41, 5.74) is -0.807. The Morgan fingerprint density at radius 2 is 2.15 bits per heavy atom. The number of fused-ring (bicyclic) bond motifs is 1. The van der Waals surface area contributed by atoms with Crippen molar-refractivity contribution in [2.24, 2.45) is 5.92 Å². The largest absolute Gasteiger partial charge is 0.394 e. The number of hydrogen-bond donors (Lipinski definition) is 3. The minimum absolute atomic E-state index is 0.0679. The highest BCUT2D eigenvalue weighted by Gasteiger charge is 2.54. The van der Waals surface area contributed by atoms with Gasteiger partial charge in [-0.05, 0) is 26.2 Å². The van der Waals surface area contributed by atoms with Gasteiger partial charge in [-0.25, -0.2) is 0 Å². The van der Waals surface area contributed by atoms with E-state index in [2.05, 4.69) is 6.07 Å². The van der Waals surface area contributed by atoms with Gasteiger partial charge < -0.3 is 24.8 Å². The number of aliphatic hydroxyl groups is 3. The molecule has 2 heterocycles. The van der Waals surface area contributed by atoms with Crippen LogP contribution < -0.4 is 0 Å². The van der Waals surface area contributed by atoms with Gasteiger partial charge in [-0.3, -0.25) is 0 Å². The van der Waals surface area contributed by atoms with Crippen molar-refractivity contribution in [2.75, 3.05) is 13.2 Å². The summed E-state index contributed by atoms with van der Waals surface area (Å²) < 4.78 is 11.8. The normalized spacial score (nSPS) is 39.9. The first-order valence-electron chi connectivity index (χ1n) is 7.17. The molecule has 2 aliphatic heterocycles. The number of rotatable bonds is 5. The summed E-state index contributed by atoms with van der Waals surface area (Å²) in [5.74, 6) is -0.0894. The maximum atomic E-state index is 9.72. The van der Waals surface area contributed by atoms with Crippen molar-refractivity contribution in [1.29, 1.82) is 5.26 Å². The maximum Gasteiger partial charge on any atom is 0.120 e. The van der Waals surface area contributed by atoms with Crippen LogP contribution in [0.3, 0.4) is 0 Å². The van der Waals surface area contributed by atoms with Crippen molar-refractivity contribution in [3.8, 4) is 6.07 Å². The molecule has 0 radical (unpaired) electrons. The fourth-order valence-electron chi connectivity index (χ4n) is 3.20. The van der Waals surface area contributed by atoms with Crippen LogP contribution in [0, 0.1) is 17.2 Å². The number of ether oxygens (including phenoxy) is 2. The van der Waals surface area contributed by atoms with Crippen LogP contribution in [-0.2, 0) is 9.47 Å². The molecule has 0 aromatic heterocycles. The smallest absolute Gasteiger partial charge is 0.120 e. The second-order valence-corrected chi connectivity index (χ2v) is 5.92. The Kier molecular flexibility index (Phi) is 4.99. The molecule has 0 aliphatic carbocycles. The molecule has 2 unspecified atom stereocenters. The predicted octanol–water partition coefficient (Wildman–Crippen LogP) is -0.0430. The third-order valence-corrected chi connectivity index (χ3v) is 4.35. The van der Waals surface area contributed by atoms with Crippen molar-refractivity contribution >= 4 is 0 Å². The van der Waals surface area contributed by atoms with Crippen LogP contribution in [0.1, 0.15) is 32.6 Å². The van der Waals surface area contributed by atoms with E-state index < -0.39 is 17.8 Å². The van der Waals surface area contributed by atoms with E-state index in [-0.39, 0.29) is 31.3 Å². The van der Waals surface area contributed by atoms with Gasteiger partial charge in [-0.1, -0.05) is 0 Å². The molecule has 20 heavy (non-hydrogen) atoms. The minimum Gasteiger partial charge on any atom is -0.394 e. The van der Waals surface area contributed by atoms with Gasteiger partial charge in [0.05, 0.1) is 37.6 Å². The summed E-state index contributed by atoms with van der Waals surface area (Å²) in [6, 6.07) is 2.19. The van der Waals surface area contributed by atoms with Crippen LogP contribution in [0.15, 0.2) is 0 Å². The molecule has 2 saturated heterocycles. The molecule has 0 bridgehead atoms. The van der Waals surface area contributed by atoms with E-state index in [9.17, 15) is 10.2 Å². The lowest BCUT2D eigenvalue weighted by Gasteiger charge is -2.41. The lowest BCUT2D eigenvalue weighted by atomic mass is 9.85.